The molecule has 0 radical (unpaired) electrons. The molecule has 6 heteroatoms. The van der Waals surface area contributed by atoms with Crippen LogP contribution in [0.15, 0.2) is 24.3 Å². The molecular formula is C17H26FN3O2. The van der Waals surface area contributed by atoms with Crippen LogP contribution >= 0.6 is 0 Å². The molecule has 1 aromatic carbocycles. The Bertz CT molecular complexity index is 517. The van der Waals surface area contributed by atoms with Crippen molar-refractivity contribution in [1.82, 2.24) is 15.1 Å². The SMILES string of the molecule is CCN(CC(=O)NC(C)C)CC(=O)N(C)Cc1ccc(F)cc1. The number of carbonyl (C=O) groups is 2. The number of hydrogen-bond acceptors (Lipinski definition) is 3. The molecule has 2 amide bonds. The molecule has 1 rings (SSSR count). The summed E-state index contributed by atoms with van der Waals surface area (Å²) in [5.74, 6) is -0.458. The molecule has 0 saturated carbocycles. The Labute approximate surface area is 137 Å². The van der Waals surface area contributed by atoms with Gasteiger partial charge in [0.1, 0.15) is 5.82 Å². The molecule has 0 bridgehead atoms. The maximum Gasteiger partial charge on any atom is 0.236 e. The summed E-state index contributed by atoms with van der Waals surface area (Å²) in [6, 6.07) is 6.16. The summed E-state index contributed by atoms with van der Waals surface area (Å²) in [6.45, 7) is 7.11. The van der Waals surface area contributed by atoms with Gasteiger partial charge in [0.25, 0.3) is 0 Å². The smallest absolute Gasteiger partial charge is 0.236 e. The van der Waals surface area contributed by atoms with Gasteiger partial charge in [-0.15, -0.1) is 0 Å². The minimum Gasteiger partial charge on any atom is -0.353 e. The van der Waals surface area contributed by atoms with Crippen molar-refractivity contribution >= 4 is 11.8 Å². The summed E-state index contributed by atoms with van der Waals surface area (Å²) in [5, 5.41) is 2.81. The van der Waals surface area contributed by atoms with E-state index in [1.54, 1.807) is 29.0 Å². The Morgan fingerprint density at radius 3 is 2.30 bits per heavy atom. The van der Waals surface area contributed by atoms with Crippen molar-refractivity contribution in [2.45, 2.75) is 33.4 Å². The first kappa shape index (κ1) is 19.1. The van der Waals surface area contributed by atoms with Crippen molar-refractivity contribution in [3.05, 3.63) is 35.6 Å². The lowest BCUT2D eigenvalue weighted by Gasteiger charge is -2.24. The van der Waals surface area contributed by atoms with E-state index >= 15 is 0 Å². The molecule has 0 atom stereocenters. The Hall–Kier alpha value is -1.95. The van der Waals surface area contributed by atoms with E-state index in [0.717, 1.165) is 5.56 Å². The first-order valence-electron chi connectivity index (χ1n) is 7.82. The zero-order chi connectivity index (χ0) is 17.4. The number of likely N-dealkylation sites (N-methyl/N-ethyl adjacent to an activating group) is 2. The number of amides is 2. The number of rotatable bonds is 8. The summed E-state index contributed by atoms with van der Waals surface area (Å²) >= 11 is 0. The van der Waals surface area contributed by atoms with Crippen molar-refractivity contribution in [1.29, 1.82) is 0 Å². The summed E-state index contributed by atoms with van der Waals surface area (Å²) in [6.07, 6.45) is 0. The van der Waals surface area contributed by atoms with E-state index in [-0.39, 0.29) is 36.8 Å². The monoisotopic (exact) mass is 323 g/mol. The van der Waals surface area contributed by atoms with Gasteiger partial charge in [-0.25, -0.2) is 4.39 Å². The van der Waals surface area contributed by atoms with Crippen molar-refractivity contribution < 1.29 is 14.0 Å². The van der Waals surface area contributed by atoms with Gasteiger partial charge in [-0.2, -0.15) is 0 Å². The first-order chi connectivity index (χ1) is 10.8. The number of halogens is 1. The van der Waals surface area contributed by atoms with Crippen molar-refractivity contribution in [3.8, 4) is 0 Å². The van der Waals surface area contributed by atoms with E-state index in [2.05, 4.69) is 5.32 Å². The lowest BCUT2D eigenvalue weighted by atomic mass is 10.2. The van der Waals surface area contributed by atoms with E-state index in [0.29, 0.717) is 13.1 Å². The molecule has 5 nitrogen and oxygen atoms in total. The van der Waals surface area contributed by atoms with Crippen LogP contribution in [0, 0.1) is 5.82 Å². The maximum absolute atomic E-state index is 12.9. The second kappa shape index (κ2) is 9.25. The molecule has 0 aromatic heterocycles. The molecule has 128 valence electrons. The summed E-state index contributed by atoms with van der Waals surface area (Å²) in [4.78, 5) is 27.4. The minimum absolute atomic E-state index is 0.0754. The van der Waals surface area contributed by atoms with Crippen LogP contribution in [-0.2, 0) is 16.1 Å². The van der Waals surface area contributed by atoms with Gasteiger partial charge in [0.2, 0.25) is 11.8 Å². The molecule has 0 aliphatic heterocycles. The predicted octanol–water partition coefficient (Wildman–Crippen LogP) is 1.63. The molecule has 0 aliphatic carbocycles. The van der Waals surface area contributed by atoms with Crippen LogP contribution in [0.2, 0.25) is 0 Å². The Morgan fingerprint density at radius 1 is 1.17 bits per heavy atom. The predicted molar refractivity (Wildman–Crippen MR) is 88.3 cm³/mol. The van der Waals surface area contributed by atoms with Crippen LogP contribution in [0.1, 0.15) is 26.3 Å². The highest BCUT2D eigenvalue weighted by molar-refractivity contribution is 5.81. The van der Waals surface area contributed by atoms with Crippen LogP contribution in [0.5, 0.6) is 0 Å². The highest BCUT2D eigenvalue weighted by Gasteiger charge is 2.16. The van der Waals surface area contributed by atoms with Gasteiger partial charge in [-0.05, 0) is 38.1 Å². The Kier molecular flexibility index (Phi) is 7.68. The highest BCUT2D eigenvalue weighted by atomic mass is 19.1. The summed E-state index contributed by atoms with van der Waals surface area (Å²) in [5.41, 5.74) is 0.864. The standard InChI is InChI=1S/C17H26FN3O2/c1-5-21(11-16(22)19-13(2)3)12-17(23)20(4)10-14-6-8-15(18)9-7-14/h6-9,13H,5,10-12H2,1-4H3,(H,19,22). The van der Waals surface area contributed by atoms with Crippen molar-refractivity contribution in [2.75, 3.05) is 26.7 Å². The normalized spacial score (nSPS) is 10.9. The van der Waals surface area contributed by atoms with Gasteiger partial charge in [0.05, 0.1) is 13.1 Å². The molecule has 23 heavy (non-hydrogen) atoms. The lowest BCUT2D eigenvalue weighted by molar-refractivity contribution is -0.132. The van der Waals surface area contributed by atoms with Crippen LogP contribution < -0.4 is 5.32 Å². The topological polar surface area (TPSA) is 52.7 Å². The number of benzene rings is 1. The molecule has 0 fully saturated rings. The average molecular weight is 323 g/mol. The molecule has 0 unspecified atom stereocenters. The van der Waals surface area contributed by atoms with E-state index < -0.39 is 0 Å². The van der Waals surface area contributed by atoms with E-state index in [4.69, 9.17) is 0 Å². The second-order valence-corrected chi connectivity index (χ2v) is 5.90. The molecule has 0 aliphatic rings. The third kappa shape index (κ3) is 7.23. The fourth-order valence-electron chi connectivity index (χ4n) is 2.11. The number of carbonyl (C=O) groups excluding carboxylic acids is 2. The van der Waals surface area contributed by atoms with Crippen LogP contribution in [0.4, 0.5) is 4.39 Å². The Morgan fingerprint density at radius 2 is 1.78 bits per heavy atom. The van der Waals surface area contributed by atoms with Crippen molar-refractivity contribution in [3.63, 3.8) is 0 Å². The van der Waals surface area contributed by atoms with Gasteiger partial charge < -0.3 is 10.2 Å². The van der Waals surface area contributed by atoms with E-state index in [1.165, 1.54) is 12.1 Å². The minimum atomic E-state index is -0.295. The molecule has 0 spiro atoms. The first-order valence-corrected chi connectivity index (χ1v) is 7.82. The van der Waals surface area contributed by atoms with Gasteiger partial charge in [0, 0.05) is 19.6 Å². The number of nitrogens with one attached hydrogen (secondary N) is 1. The second-order valence-electron chi connectivity index (χ2n) is 5.90. The molecule has 0 saturated heterocycles. The van der Waals surface area contributed by atoms with E-state index in [9.17, 15) is 14.0 Å². The van der Waals surface area contributed by atoms with Crippen LogP contribution in [-0.4, -0.2) is 54.3 Å². The molecule has 1 aromatic rings. The molecule has 0 heterocycles. The zero-order valence-corrected chi connectivity index (χ0v) is 14.3. The van der Waals surface area contributed by atoms with Crippen LogP contribution in [0.25, 0.3) is 0 Å². The van der Waals surface area contributed by atoms with Gasteiger partial charge in [0.15, 0.2) is 0 Å². The maximum atomic E-state index is 12.9. The lowest BCUT2D eigenvalue weighted by Crippen LogP contribution is -2.44. The number of hydrogen-bond donors (Lipinski definition) is 1. The zero-order valence-electron chi connectivity index (χ0n) is 14.3. The largest absolute Gasteiger partial charge is 0.353 e. The number of nitrogens with zero attached hydrogens (tertiary/aromatic N) is 2. The van der Waals surface area contributed by atoms with Gasteiger partial charge in [-0.3, -0.25) is 14.5 Å². The summed E-state index contributed by atoms with van der Waals surface area (Å²) < 4.78 is 12.9. The molecule has 1 N–H and O–H groups in total. The third-order valence-electron chi connectivity index (χ3n) is 3.38. The third-order valence-corrected chi connectivity index (χ3v) is 3.38. The summed E-state index contributed by atoms with van der Waals surface area (Å²) in [7, 11) is 1.70. The molecular weight excluding hydrogens is 297 g/mol. The highest BCUT2D eigenvalue weighted by Crippen LogP contribution is 2.06. The fraction of sp³-hybridized carbons (Fsp3) is 0.529. The Balaban J connectivity index is 2.51. The van der Waals surface area contributed by atoms with Crippen molar-refractivity contribution in [2.24, 2.45) is 0 Å². The van der Waals surface area contributed by atoms with Gasteiger partial charge in [-0.1, -0.05) is 19.1 Å². The van der Waals surface area contributed by atoms with Crippen LogP contribution in [0.3, 0.4) is 0 Å². The fourth-order valence-corrected chi connectivity index (χ4v) is 2.11. The quantitative estimate of drug-likeness (QED) is 0.791. The van der Waals surface area contributed by atoms with E-state index in [1.807, 2.05) is 20.8 Å². The van der Waals surface area contributed by atoms with Gasteiger partial charge >= 0.3 is 0 Å². The average Bonchev–Trinajstić information content (AvgIpc) is 2.47.